The number of hydrogen-bond acceptors (Lipinski definition) is 8. The summed E-state index contributed by atoms with van der Waals surface area (Å²) in [5.41, 5.74) is 16.2. The number of carboxylic acids is 1. The van der Waals surface area contributed by atoms with Gasteiger partial charge in [-0.25, -0.2) is 0 Å². The molecule has 0 radical (unpaired) electrons. The first-order chi connectivity index (χ1) is 16.0. The quantitative estimate of drug-likeness (QED) is 0.0526. The Bertz CT molecular complexity index is 916. The topological polar surface area (TPSA) is 258 Å². The fraction of sp³-hybridized carbons (Fsp3) is 0.421. The molecule has 3 amide bonds. The summed E-state index contributed by atoms with van der Waals surface area (Å²) >= 11 is 0. The molecule has 0 unspecified atom stereocenters. The van der Waals surface area contributed by atoms with E-state index in [9.17, 15) is 29.3 Å². The van der Waals surface area contributed by atoms with Crippen molar-refractivity contribution in [1.82, 2.24) is 10.6 Å². The van der Waals surface area contributed by atoms with Crippen LogP contribution in [0.2, 0.25) is 0 Å². The maximum atomic E-state index is 12.7. The minimum Gasteiger partial charge on any atom is -0.481 e. The van der Waals surface area contributed by atoms with Gasteiger partial charge in [0.25, 0.3) is 5.69 Å². The van der Waals surface area contributed by atoms with Crippen molar-refractivity contribution < 1.29 is 29.2 Å². The van der Waals surface area contributed by atoms with E-state index in [4.69, 9.17) is 22.3 Å². The first-order valence-electron chi connectivity index (χ1n) is 10.1. The summed E-state index contributed by atoms with van der Waals surface area (Å²) < 4.78 is 0. The number of carbonyl (C=O) groups is 4. The first-order valence-corrected chi connectivity index (χ1v) is 10.1. The largest absolute Gasteiger partial charge is 0.481 e. The number of carbonyl (C=O) groups excluding carboxylic acids is 3. The Kier molecular flexibility index (Phi) is 11.4. The van der Waals surface area contributed by atoms with E-state index in [1.807, 2.05) is 0 Å². The highest BCUT2D eigenvalue weighted by molar-refractivity contribution is 5.98. The Balaban J connectivity index is 2.72. The molecule has 1 aromatic rings. The number of nitrogens with zero attached hydrogens (tertiary/aromatic N) is 2. The molecule has 1 rings (SSSR count). The molecule has 0 spiro atoms. The molecule has 0 heterocycles. The van der Waals surface area contributed by atoms with Crippen molar-refractivity contribution >= 4 is 41.0 Å². The van der Waals surface area contributed by atoms with Gasteiger partial charge in [0.1, 0.15) is 6.04 Å². The Morgan fingerprint density at radius 2 is 1.74 bits per heavy atom. The average molecular weight is 480 g/mol. The third-order valence-corrected chi connectivity index (χ3v) is 4.37. The number of benzene rings is 1. The summed E-state index contributed by atoms with van der Waals surface area (Å²) in [4.78, 5) is 61.4. The second kappa shape index (κ2) is 14.0. The second-order valence-electron chi connectivity index (χ2n) is 7.12. The van der Waals surface area contributed by atoms with Crippen LogP contribution in [0.5, 0.6) is 0 Å². The van der Waals surface area contributed by atoms with Crippen LogP contribution < -0.4 is 33.2 Å². The molecule has 0 aliphatic heterocycles. The van der Waals surface area contributed by atoms with E-state index in [1.165, 1.54) is 24.3 Å². The number of aliphatic carboxylic acids is 1. The lowest BCUT2D eigenvalue weighted by Gasteiger charge is -2.19. The number of rotatable bonds is 14. The van der Waals surface area contributed by atoms with Crippen molar-refractivity contribution in [3.63, 3.8) is 0 Å². The summed E-state index contributed by atoms with van der Waals surface area (Å²) in [6.07, 6.45) is 0.0751. The number of nitro benzene ring substituents is 1. The van der Waals surface area contributed by atoms with Gasteiger partial charge in [-0.15, -0.1) is 0 Å². The van der Waals surface area contributed by atoms with Gasteiger partial charge in [-0.3, -0.25) is 34.3 Å². The number of anilines is 1. The van der Waals surface area contributed by atoms with Crippen LogP contribution in [0.1, 0.15) is 25.7 Å². The minimum atomic E-state index is -1.11. The Morgan fingerprint density at radius 3 is 2.29 bits per heavy atom. The van der Waals surface area contributed by atoms with Gasteiger partial charge in [0.15, 0.2) is 5.96 Å². The van der Waals surface area contributed by atoms with Crippen LogP contribution in [0, 0.1) is 10.1 Å². The molecule has 0 fully saturated rings. The summed E-state index contributed by atoms with van der Waals surface area (Å²) in [5.74, 6) is -3.24. The Morgan fingerprint density at radius 1 is 1.09 bits per heavy atom. The predicted octanol–water partition coefficient (Wildman–Crippen LogP) is -1.62. The number of nitro groups is 1. The molecule has 0 aromatic heterocycles. The molecule has 34 heavy (non-hydrogen) atoms. The molecule has 0 aliphatic carbocycles. The van der Waals surface area contributed by atoms with Gasteiger partial charge in [-0.2, -0.15) is 0 Å². The molecule has 0 saturated heterocycles. The first kappa shape index (κ1) is 27.8. The predicted molar refractivity (Wildman–Crippen MR) is 121 cm³/mol. The van der Waals surface area contributed by atoms with Crippen LogP contribution in [0.25, 0.3) is 0 Å². The molecule has 1 aromatic carbocycles. The maximum absolute atomic E-state index is 12.7. The maximum Gasteiger partial charge on any atom is 0.303 e. The second-order valence-corrected chi connectivity index (χ2v) is 7.12. The van der Waals surface area contributed by atoms with Crippen molar-refractivity contribution in [2.45, 2.75) is 37.8 Å². The summed E-state index contributed by atoms with van der Waals surface area (Å²) in [6.45, 7) is -0.288. The Labute approximate surface area is 194 Å². The zero-order valence-electron chi connectivity index (χ0n) is 18.2. The van der Waals surface area contributed by atoms with Crippen LogP contribution in [-0.4, -0.2) is 64.9 Å². The molecule has 2 atom stereocenters. The molecule has 186 valence electrons. The average Bonchev–Trinajstić information content (AvgIpc) is 2.77. The van der Waals surface area contributed by atoms with E-state index in [1.54, 1.807) is 0 Å². The van der Waals surface area contributed by atoms with Crippen LogP contribution in [0.4, 0.5) is 11.4 Å². The fourth-order valence-electron chi connectivity index (χ4n) is 2.62. The van der Waals surface area contributed by atoms with E-state index in [0.29, 0.717) is 6.42 Å². The van der Waals surface area contributed by atoms with Crippen molar-refractivity contribution in [3.8, 4) is 0 Å². The summed E-state index contributed by atoms with van der Waals surface area (Å²) in [5, 5.41) is 26.7. The van der Waals surface area contributed by atoms with Crippen LogP contribution in [-0.2, 0) is 19.2 Å². The summed E-state index contributed by atoms with van der Waals surface area (Å²) in [6, 6.07) is 2.97. The number of nitrogens with one attached hydrogen (secondary N) is 3. The Hall–Kier alpha value is -4.27. The molecule has 0 saturated carbocycles. The van der Waals surface area contributed by atoms with E-state index in [2.05, 4.69) is 20.9 Å². The number of hydrogen-bond donors (Lipinski definition) is 7. The van der Waals surface area contributed by atoms with Crippen molar-refractivity contribution in [1.29, 1.82) is 0 Å². The van der Waals surface area contributed by atoms with Crippen LogP contribution in [0.3, 0.4) is 0 Å². The number of guanidine groups is 1. The van der Waals surface area contributed by atoms with E-state index in [0.717, 1.165) is 0 Å². The van der Waals surface area contributed by atoms with Crippen molar-refractivity contribution in [3.05, 3.63) is 34.4 Å². The van der Waals surface area contributed by atoms with E-state index < -0.39 is 47.2 Å². The highest BCUT2D eigenvalue weighted by Gasteiger charge is 2.22. The van der Waals surface area contributed by atoms with Gasteiger partial charge < -0.3 is 38.3 Å². The minimum absolute atomic E-state index is 0.103. The smallest absolute Gasteiger partial charge is 0.303 e. The van der Waals surface area contributed by atoms with Gasteiger partial charge in [-0.05, 0) is 31.4 Å². The van der Waals surface area contributed by atoms with E-state index >= 15 is 0 Å². The van der Waals surface area contributed by atoms with E-state index in [-0.39, 0.29) is 43.1 Å². The molecule has 15 nitrogen and oxygen atoms in total. The lowest BCUT2D eigenvalue weighted by Crippen LogP contribution is -2.49. The van der Waals surface area contributed by atoms with Crippen LogP contribution >= 0.6 is 0 Å². The zero-order chi connectivity index (χ0) is 25.7. The highest BCUT2D eigenvalue weighted by Crippen LogP contribution is 2.16. The molecular formula is C19H28N8O7. The molecule has 0 bridgehead atoms. The standard InChI is InChI=1S/C19H28N8O7/c20-13(7-8-16(29)30)17(31)24-10-15(28)26-14(2-1-9-23-19(21)22)18(32)25-11-3-5-12(6-4-11)27(33)34/h3-6,13-14H,1-2,7-10,20H2,(H,24,31)(H,25,32)(H,26,28)(H,29,30)(H4,21,22,23)/t13-,14-/m0/s1. The fourth-order valence-corrected chi connectivity index (χ4v) is 2.62. The number of carboxylic acid groups (broad SMARTS) is 1. The van der Waals surface area contributed by atoms with Crippen LogP contribution in [0.15, 0.2) is 29.3 Å². The van der Waals surface area contributed by atoms with Gasteiger partial charge in [0.05, 0.1) is 17.5 Å². The zero-order valence-corrected chi connectivity index (χ0v) is 18.2. The summed E-state index contributed by atoms with van der Waals surface area (Å²) in [7, 11) is 0. The molecule has 15 heteroatoms. The van der Waals surface area contributed by atoms with Crippen molar-refractivity contribution in [2.24, 2.45) is 22.2 Å². The van der Waals surface area contributed by atoms with Crippen molar-refractivity contribution in [2.75, 3.05) is 18.4 Å². The normalized spacial score (nSPS) is 12.0. The number of aliphatic imine (C=N–C) groups is 1. The van der Waals surface area contributed by atoms with Gasteiger partial charge in [0, 0.05) is 30.8 Å². The lowest BCUT2D eigenvalue weighted by atomic mass is 10.1. The monoisotopic (exact) mass is 480 g/mol. The third kappa shape index (κ3) is 10.9. The number of non-ortho nitro benzene ring substituents is 1. The highest BCUT2D eigenvalue weighted by atomic mass is 16.6. The van der Waals surface area contributed by atoms with Gasteiger partial charge in [0.2, 0.25) is 17.7 Å². The van der Waals surface area contributed by atoms with Gasteiger partial charge >= 0.3 is 5.97 Å². The molecule has 0 aliphatic rings. The van der Waals surface area contributed by atoms with Gasteiger partial charge in [-0.1, -0.05) is 0 Å². The third-order valence-electron chi connectivity index (χ3n) is 4.37. The molecule has 10 N–H and O–H groups in total. The molecular weight excluding hydrogens is 452 g/mol. The number of amides is 3. The lowest BCUT2D eigenvalue weighted by molar-refractivity contribution is -0.384. The number of nitrogens with two attached hydrogens (primary N) is 3. The SMILES string of the molecule is NC(N)=NCCC[C@H](NC(=O)CNC(=O)[C@@H](N)CCC(=O)O)C(=O)Nc1ccc([N+](=O)[O-])cc1.